The first-order valence-electron chi connectivity index (χ1n) is 4.40. The van der Waals surface area contributed by atoms with Gasteiger partial charge in [-0.15, -0.1) is 0 Å². The van der Waals surface area contributed by atoms with E-state index in [1.165, 1.54) is 19.2 Å². The van der Waals surface area contributed by atoms with Gasteiger partial charge in [0.05, 0.1) is 0 Å². The van der Waals surface area contributed by atoms with E-state index >= 15 is 0 Å². The van der Waals surface area contributed by atoms with E-state index in [0.717, 1.165) is 6.54 Å². The van der Waals surface area contributed by atoms with Crippen LogP contribution in [0.25, 0.3) is 0 Å². The molecule has 0 unspecified atom stereocenters. The number of hydrogen-bond acceptors (Lipinski definition) is 3. The summed E-state index contributed by atoms with van der Waals surface area (Å²) in [6.45, 7) is 0.781. The standard InChI is InChI=1S/C9H11N3O/c13-9(11-5-7-1-2-7)8-3-4-10-6-12-8/h3-4,6-7H,1-2,5H2,(H,11,13). The molecular formula is C9H11N3O. The van der Waals surface area contributed by atoms with Crippen molar-refractivity contribution in [1.29, 1.82) is 0 Å². The molecule has 1 fully saturated rings. The number of amides is 1. The maximum Gasteiger partial charge on any atom is 0.270 e. The average molecular weight is 177 g/mol. The predicted octanol–water partition coefficient (Wildman–Crippen LogP) is 0.616. The molecule has 1 N–H and O–H groups in total. The molecule has 2 rings (SSSR count). The summed E-state index contributed by atoms with van der Waals surface area (Å²) >= 11 is 0. The van der Waals surface area contributed by atoms with Crippen LogP contribution in [0.15, 0.2) is 18.6 Å². The molecule has 1 aromatic rings. The molecule has 1 saturated carbocycles. The van der Waals surface area contributed by atoms with Crippen LogP contribution in [0.3, 0.4) is 0 Å². The van der Waals surface area contributed by atoms with Crippen molar-refractivity contribution < 1.29 is 4.79 Å². The van der Waals surface area contributed by atoms with Crippen LogP contribution >= 0.6 is 0 Å². The zero-order chi connectivity index (χ0) is 9.10. The minimum atomic E-state index is -0.102. The fourth-order valence-corrected chi connectivity index (χ4v) is 1.07. The summed E-state index contributed by atoms with van der Waals surface area (Å²) in [7, 11) is 0. The summed E-state index contributed by atoms with van der Waals surface area (Å²) in [6, 6.07) is 1.61. The lowest BCUT2D eigenvalue weighted by Crippen LogP contribution is -2.26. The van der Waals surface area contributed by atoms with Crippen LogP contribution in [0.2, 0.25) is 0 Å². The highest BCUT2D eigenvalue weighted by molar-refractivity contribution is 5.92. The van der Waals surface area contributed by atoms with Crippen LogP contribution < -0.4 is 5.32 Å². The van der Waals surface area contributed by atoms with Crippen LogP contribution in [0.4, 0.5) is 0 Å². The summed E-state index contributed by atoms with van der Waals surface area (Å²) in [6.07, 6.45) is 5.43. The Morgan fingerprint density at radius 3 is 3.08 bits per heavy atom. The molecule has 0 aliphatic heterocycles. The van der Waals surface area contributed by atoms with Crippen molar-refractivity contribution in [2.45, 2.75) is 12.8 Å². The molecule has 1 aliphatic rings. The molecule has 0 bridgehead atoms. The smallest absolute Gasteiger partial charge is 0.270 e. The van der Waals surface area contributed by atoms with Gasteiger partial charge in [-0.05, 0) is 24.8 Å². The molecule has 1 aromatic heterocycles. The first-order chi connectivity index (χ1) is 6.36. The van der Waals surface area contributed by atoms with Crippen LogP contribution in [0.5, 0.6) is 0 Å². The molecule has 1 heterocycles. The van der Waals surface area contributed by atoms with Gasteiger partial charge in [-0.1, -0.05) is 0 Å². The van der Waals surface area contributed by atoms with E-state index in [9.17, 15) is 4.79 Å². The maximum absolute atomic E-state index is 11.4. The zero-order valence-electron chi connectivity index (χ0n) is 7.23. The molecule has 1 amide bonds. The van der Waals surface area contributed by atoms with Crippen molar-refractivity contribution in [3.05, 3.63) is 24.3 Å². The lowest BCUT2D eigenvalue weighted by Gasteiger charge is -2.01. The van der Waals surface area contributed by atoms with Gasteiger partial charge in [-0.25, -0.2) is 9.97 Å². The monoisotopic (exact) mass is 177 g/mol. The molecular weight excluding hydrogens is 166 g/mol. The van der Waals surface area contributed by atoms with Gasteiger partial charge >= 0.3 is 0 Å². The normalized spacial score (nSPS) is 15.4. The lowest BCUT2D eigenvalue weighted by molar-refractivity contribution is 0.0946. The number of nitrogens with one attached hydrogen (secondary N) is 1. The second-order valence-corrected chi connectivity index (χ2v) is 3.25. The Hall–Kier alpha value is -1.45. The summed E-state index contributed by atoms with van der Waals surface area (Å²) in [5.74, 6) is 0.597. The van der Waals surface area contributed by atoms with Crippen molar-refractivity contribution in [2.24, 2.45) is 5.92 Å². The Morgan fingerprint density at radius 1 is 1.62 bits per heavy atom. The first kappa shape index (κ1) is 8.16. The number of rotatable bonds is 3. The molecule has 0 radical (unpaired) electrons. The molecule has 0 atom stereocenters. The highest BCUT2D eigenvalue weighted by Gasteiger charge is 2.21. The number of hydrogen-bond donors (Lipinski definition) is 1. The third-order valence-electron chi connectivity index (χ3n) is 2.06. The number of carbonyl (C=O) groups excluding carboxylic acids is 1. The molecule has 4 nitrogen and oxygen atoms in total. The fraction of sp³-hybridized carbons (Fsp3) is 0.444. The predicted molar refractivity (Wildman–Crippen MR) is 47.1 cm³/mol. The number of carbonyl (C=O) groups is 1. The molecule has 68 valence electrons. The number of nitrogens with zero attached hydrogens (tertiary/aromatic N) is 2. The molecule has 4 heteroatoms. The van der Waals surface area contributed by atoms with Crippen LogP contribution in [-0.4, -0.2) is 22.4 Å². The van der Waals surface area contributed by atoms with Gasteiger partial charge < -0.3 is 5.32 Å². The Kier molecular flexibility index (Phi) is 2.21. The van der Waals surface area contributed by atoms with Gasteiger partial charge in [0.2, 0.25) is 0 Å². The minimum Gasteiger partial charge on any atom is -0.350 e. The van der Waals surface area contributed by atoms with Crippen molar-refractivity contribution in [2.75, 3.05) is 6.54 Å². The third kappa shape index (κ3) is 2.24. The second-order valence-electron chi connectivity index (χ2n) is 3.25. The average Bonchev–Trinajstić information content (AvgIpc) is 2.99. The molecule has 13 heavy (non-hydrogen) atoms. The van der Waals surface area contributed by atoms with E-state index in [2.05, 4.69) is 15.3 Å². The van der Waals surface area contributed by atoms with Crippen LogP contribution in [0, 0.1) is 5.92 Å². The van der Waals surface area contributed by atoms with E-state index < -0.39 is 0 Å². The van der Waals surface area contributed by atoms with E-state index in [1.807, 2.05) is 0 Å². The topological polar surface area (TPSA) is 54.9 Å². The summed E-state index contributed by atoms with van der Waals surface area (Å²) < 4.78 is 0. The highest BCUT2D eigenvalue weighted by atomic mass is 16.1. The van der Waals surface area contributed by atoms with Crippen LogP contribution in [-0.2, 0) is 0 Å². The SMILES string of the molecule is O=C(NCC1CC1)c1ccncn1. The van der Waals surface area contributed by atoms with E-state index in [0.29, 0.717) is 11.6 Å². The third-order valence-corrected chi connectivity index (χ3v) is 2.06. The second kappa shape index (κ2) is 3.51. The lowest BCUT2D eigenvalue weighted by atomic mass is 10.3. The van der Waals surface area contributed by atoms with Gasteiger partial charge in [0, 0.05) is 12.7 Å². The van der Waals surface area contributed by atoms with E-state index in [1.54, 1.807) is 12.3 Å². The molecule has 0 saturated heterocycles. The van der Waals surface area contributed by atoms with Crippen molar-refractivity contribution >= 4 is 5.91 Å². The largest absolute Gasteiger partial charge is 0.350 e. The van der Waals surface area contributed by atoms with Gasteiger partial charge in [0.25, 0.3) is 5.91 Å². The minimum absolute atomic E-state index is 0.102. The summed E-state index contributed by atoms with van der Waals surface area (Å²) in [5.41, 5.74) is 0.440. The van der Waals surface area contributed by atoms with Gasteiger partial charge in [0.15, 0.2) is 0 Å². The Labute approximate surface area is 76.4 Å². The van der Waals surface area contributed by atoms with Crippen molar-refractivity contribution in [1.82, 2.24) is 15.3 Å². The Morgan fingerprint density at radius 2 is 2.46 bits per heavy atom. The van der Waals surface area contributed by atoms with Crippen molar-refractivity contribution in [3.8, 4) is 0 Å². The quantitative estimate of drug-likeness (QED) is 0.736. The van der Waals surface area contributed by atoms with Gasteiger partial charge in [0.1, 0.15) is 12.0 Å². The highest BCUT2D eigenvalue weighted by Crippen LogP contribution is 2.27. The first-order valence-corrected chi connectivity index (χ1v) is 4.40. The maximum atomic E-state index is 11.4. The van der Waals surface area contributed by atoms with E-state index in [-0.39, 0.29) is 5.91 Å². The zero-order valence-corrected chi connectivity index (χ0v) is 7.23. The van der Waals surface area contributed by atoms with Crippen molar-refractivity contribution in [3.63, 3.8) is 0 Å². The van der Waals surface area contributed by atoms with E-state index in [4.69, 9.17) is 0 Å². The van der Waals surface area contributed by atoms with Gasteiger partial charge in [-0.2, -0.15) is 0 Å². The Balaban J connectivity index is 1.89. The molecule has 1 aliphatic carbocycles. The number of aromatic nitrogens is 2. The molecule has 0 aromatic carbocycles. The molecule has 0 spiro atoms. The van der Waals surface area contributed by atoms with Gasteiger partial charge in [-0.3, -0.25) is 4.79 Å². The fourth-order valence-electron chi connectivity index (χ4n) is 1.07. The Bertz CT molecular complexity index is 295. The summed E-state index contributed by atoms with van der Waals surface area (Å²) in [5, 5.41) is 2.83. The van der Waals surface area contributed by atoms with Crippen LogP contribution in [0.1, 0.15) is 23.3 Å². The summed E-state index contributed by atoms with van der Waals surface area (Å²) in [4.78, 5) is 19.0.